The fourth-order valence-electron chi connectivity index (χ4n) is 2.67. The highest BCUT2D eigenvalue weighted by atomic mass is 15.4. The Morgan fingerprint density at radius 2 is 1.88 bits per heavy atom. The van der Waals surface area contributed by atoms with E-state index >= 15 is 0 Å². The van der Waals surface area contributed by atoms with E-state index in [1.165, 1.54) is 0 Å². The van der Waals surface area contributed by atoms with Gasteiger partial charge in [0.2, 0.25) is 5.95 Å². The number of rotatable bonds is 5. The van der Waals surface area contributed by atoms with Crippen LogP contribution >= 0.6 is 0 Å². The lowest BCUT2D eigenvalue weighted by atomic mass is 10.2. The molecule has 4 aromatic rings. The second-order valence-corrected chi connectivity index (χ2v) is 5.64. The maximum absolute atomic E-state index is 4.74. The molecule has 0 unspecified atom stereocenters. The van der Waals surface area contributed by atoms with Crippen molar-refractivity contribution in [2.24, 2.45) is 0 Å². The zero-order chi connectivity index (χ0) is 16.4. The van der Waals surface area contributed by atoms with Crippen LogP contribution in [0.3, 0.4) is 0 Å². The average Bonchev–Trinajstić information content (AvgIpc) is 3.09. The zero-order valence-electron chi connectivity index (χ0n) is 13.5. The molecule has 1 N–H and O–H groups in total. The van der Waals surface area contributed by atoms with Gasteiger partial charge in [-0.1, -0.05) is 25.5 Å². The molecule has 6 nitrogen and oxygen atoms in total. The number of hydrogen-bond acceptors (Lipinski definition) is 5. The summed E-state index contributed by atoms with van der Waals surface area (Å²) in [5, 5.41) is 9.04. The maximum atomic E-state index is 4.74. The van der Waals surface area contributed by atoms with Crippen molar-refractivity contribution in [1.29, 1.82) is 0 Å². The number of aromatic nitrogens is 5. The molecular formula is C18H18N6. The smallest absolute Gasteiger partial charge is 0.226 e. The van der Waals surface area contributed by atoms with Gasteiger partial charge in [0.1, 0.15) is 0 Å². The van der Waals surface area contributed by atoms with Gasteiger partial charge in [-0.25, -0.2) is 9.97 Å². The van der Waals surface area contributed by atoms with E-state index in [0.29, 0.717) is 5.82 Å². The molecule has 6 heteroatoms. The number of nitrogens with zero attached hydrogens (tertiary/aromatic N) is 5. The summed E-state index contributed by atoms with van der Waals surface area (Å²) in [7, 11) is 0. The lowest BCUT2D eigenvalue weighted by Gasteiger charge is -2.08. The van der Waals surface area contributed by atoms with Crippen molar-refractivity contribution >= 4 is 22.5 Å². The van der Waals surface area contributed by atoms with Crippen LogP contribution in [0.2, 0.25) is 0 Å². The molecule has 0 bridgehead atoms. The van der Waals surface area contributed by atoms with Crippen LogP contribution in [0.4, 0.5) is 5.95 Å². The number of para-hydroxylation sites is 1. The van der Waals surface area contributed by atoms with Crippen molar-refractivity contribution in [3.8, 4) is 11.4 Å². The fourth-order valence-corrected chi connectivity index (χ4v) is 2.67. The topological polar surface area (TPSA) is 68.0 Å². The van der Waals surface area contributed by atoms with Gasteiger partial charge in [0.25, 0.3) is 0 Å². The standard InChI is InChI=1S/C18H18N6/c1-2-3-10-20-18-21-15-7-5-4-6-14(15)17-22-16(23-24(17)18)13-8-11-19-12-9-13/h4-9,11-12H,2-3,10H2,1H3,(H,20,21). The highest BCUT2D eigenvalue weighted by Gasteiger charge is 2.13. The Labute approximate surface area is 139 Å². The number of pyridine rings is 1. The number of hydrogen-bond donors (Lipinski definition) is 1. The second-order valence-electron chi connectivity index (χ2n) is 5.64. The summed E-state index contributed by atoms with van der Waals surface area (Å²) >= 11 is 0. The minimum Gasteiger partial charge on any atom is -0.354 e. The van der Waals surface area contributed by atoms with Crippen LogP contribution in [-0.4, -0.2) is 31.1 Å². The molecule has 0 aliphatic rings. The first-order valence-electron chi connectivity index (χ1n) is 8.16. The number of fused-ring (bicyclic) bond motifs is 3. The van der Waals surface area contributed by atoms with Gasteiger partial charge in [0.05, 0.1) is 5.52 Å². The summed E-state index contributed by atoms with van der Waals surface area (Å²) in [6.45, 7) is 3.03. The van der Waals surface area contributed by atoms with Crippen molar-refractivity contribution in [3.63, 3.8) is 0 Å². The average molecular weight is 318 g/mol. The summed E-state index contributed by atoms with van der Waals surface area (Å²) in [6, 6.07) is 11.8. The van der Waals surface area contributed by atoms with E-state index in [2.05, 4.69) is 22.3 Å². The van der Waals surface area contributed by atoms with Crippen LogP contribution in [0, 0.1) is 0 Å². The molecular weight excluding hydrogens is 300 g/mol. The van der Waals surface area contributed by atoms with Crippen LogP contribution in [0.25, 0.3) is 27.9 Å². The molecule has 0 fully saturated rings. The maximum Gasteiger partial charge on any atom is 0.226 e. The lowest BCUT2D eigenvalue weighted by Crippen LogP contribution is -2.09. The SMILES string of the molecule is CCCCNc1nc2ccccc2c2nc(-c3ccncc3)nn12. The Morgan fingerprint density at radius 3 is 2.71 bits per heavy atom. The minimum atomic E-state index is 0.675. The van der Waals surface area contributed by atoms with Crippen LogP contribution in [0.15, 0.2) is 48.8 Å². The highest BCUT2D eigenvalue weighted by Crippen LogP contribution is 2.23. The first kappa shape index (κ1) is 14.6. The van der Waals surface area contributed by atoms with E-state index in [1.54, 1.807) is 16.9 Å². The van der Waals surface area contributed by atoms with E-state index < -0.39 is 0 Å². The predicted molar refractivity (Wildman–Crippen MR) is 94.9 cm³/mol. The molecule has 0 saturated heterocycles. The molecule has 3 heterocycles. The molecule has 120 valence electrons. The molecule has 0 spiro atoms. The highest BCUT2D eigenvalue weighted by molar-refractivity contribution is 5.92. The molecule has 1 aromatic carbocycles. The molecule has 0 radical (unpaired) electrons. The summed E-state index contributed by atoms with van der Waals surface area (Å²) in [4.78, 5) is 13.5. The summed E-state index contributed by atoms with van der Waals surface area (Å²) < 4.78 is 1.80. The van der Waals surface area contributed by atoms with E-state index in [4.69, 9.17) is 9.97 Å². The normalized spacial score (nSPS) is 11.2. The zero-order valence-corrected chi connectivity index (χ0v) is 13.5. The predicted octanol–water partition coefficient (Wildman–Crippen LogP) is 3.55. The largest absolute Gasteiger partial charge is 0.354 e. The Bertz CT molecular complexity index is 977. The Kier molecular flexibility index (Phi) is 3.78. The van der Waals surface area contributed by atoms with E-state index in [0.717, 1.165) is 47.4 Å². The summed E-state index contributed by atoms with van der Waals surface area (Å²) in [6.07, 6.45) is 5.71. The first-order valence-corrected chi connectivity index (χ1v) is 8.16. The minimum absolute atomic E-state index is 0.675. The molecule has 24 heavy (non-hydrogen) atoms. The number of unbranched alkanes of at least 4 members (excludes halogenated alkanes) is 1. The van der Waals surface area contributed by atoms with Crippen molar-refractivity contribution < 1.29 is 0 Å². The third-order valence-electron chi connectivity index (χ3n) is 3.93. The van der Waals surface area contributed by atoms with E-state index in [9.17, 15) is 0 Å². The van der Waals surface area contributed by atoms with Crippen LogP contribution in [0.5, 0.6) is 0 Å². The lowest BCUT2D eigenvalue weighted by molar-refractivity contribution is 0.815. The summed E-state index contributed by atoms with van der Waals surface area (Å²) in [5.74, 6) is 1.40. The van der Waals surface area contributed by atoms with E-state index in [1.807, 2.05) is 36.4 Å². The fraction of sp³-hybridized carbons (Fsp3) is 0.222. The quantitative estimate of drug-likeness (QED) is 0.570. The number of benzene rings is 1. The van der Waals surface area contributed by atoms with Crippen molar-refractivity contribution in [1.82, 2.24) is 24.6 Å². The Balaban J connectivity index is 1.91. The van der Waals surface area contributed by atoms with Gasteiger partial charge in [-0.2, -0.15) is 4.52 Å². The van der Waals surface area contributed by atoms with Crippen molar-refractivity contribution in [3.05, 3.63) is 48.8 Å². The van der Waals surface area contributed by atoms with E-state index in [-0.39, 0.29) is 0 Å². The molecule has 0 saturated carbocycles. The monoisotopic (exact) mass is 318 g/mol. The van der Waals surface area contributed by atoms with Gasteiger partial charge in [-0.15, -0.1) is 5.10 Å². The molecule has 0 amide bonds. The Morgan fingerprint density at radius 1 is 1.04 bits per heavy atom. The van der Waals surface area contributed by atoms with Gasteiger partial charge < -0.3 is 5.32 Å². The van der Waals surface area contributed by atoms with Crippen LogP contribution in [0.1, 0.15) is 19.8 Å². The second kappa shape index (κ2) is 6.23. The third-order valence-corrected chi connectivity index (χ3v) is 3.93. The van der Waals surface area contributed by atoms with Crippen LogP contribution in [-0.2, 0) is 0 Å². The Hall–Kier alpha value is -3.02. The number of anilines is 1. The third kappa shape index (κ3) is 2.56. The molecule has 0 atom stereocenters. The number of nitrogens with one attached hydrogen (secondary N) is 1. The van der Waals surface area contributed by atoms with Crippen LogP contribution < -0.4 is 5.32 Å². The van der Waals surface area contributed by atoms with Gasteiger partial charge in [0, 0.05) is 29.9 Å². The van der Waals surface area contributed by atoms with Gasteiger partial charge in [0.15, 0.2) is 11.5 Å². The van der Waals surface area contributed by atoms with Crippen molar-refractivity contribution in [2.75, 3.05) is 11.9 Å². The van der Waals surface area contributed by atoms with Gasteiger partial charge >= 0.3 is 0 Å². The van der Waals surface area contributed by atoms with Crippen molar-refractivity contribution in [2.45, 2.75) is 19.8 Å². The molecule has 3 aromatic heterocycles. The van der Waals surface area contributed by atoms with Gasteiger partial charge in [-0.3, -0.25) is 4.98 Å². The van der Waals surface area contributed by atoms with Gasteiger partial charge in [-0.05, 0) is 30.7 Å². The molecule has 0 aliphatic carbocycles. The molecule has 4 rings (SSSR count). The first-order chi connectivity index (χ1) is 11.9. The molecule has 0 aliphatic heterocycles. The summed E-state index contributed by atoms with van der Waals surface area (Å²) in [5.41, 5.74) is 2.67.